The summed E-state index contributed by atoms with van der Waals surface area (Å²) in [4.78, 5) is 11.7. The normalized spacial score (nSPS) is 11.2. The molecule has 0 unspecified atom stereocenters. The molecule has 0 aliphatic heterocycles. The van der Waals surface area contributed by atoms with Crippen molar-refractivity contribution < 1.29 is 14.3 Å². The zero-order valence-corrected chi connectivity index (χ0v) is 15.8. The fraction of sp³-hybridized carbons (Fsp3) is 0.0800. The molecule has 138 valence electrons. The van der Waals surface area contributed by atoms with Gasteiger partial charge in [-0.2, -0.15) is 0 Å². The summed E-state index contributed by atoms with van der Waals surface area (Å²) in [6.45, 7) is 0. The van der Waals surface area contributed by atoms with Gasteiger partial charge in [-0.1, -0.05) is 60.7 Å². The van der Waals surface area contributed by atoms with Crippen LogP contribution in [0.25, 0.3) is 38.7 Å². The molecule has 0 heterocycles. The minimum absolute atomic E-state index is 0.368. The average molecular weight is 368 g/mol. The Morgan fingerprint density at radius 1 is 0.750 bits per heavy atom. The topological polar surface area (TPSA) is 35.5 Å². The Bertz CT molecular complexity index is 1130. The summed E-state index contributed by atoms with van der Waals surface area (Å²) in [5, 5.41) is 4.45. The van der Waals surface area contributed by atoms with Crippen LogP contribution in [0, 0.1) is 0 Å². The quantitative estimate of drug-likeness (QED) is 0.257. The zero-order valence-electron chi connectivity index (χ0n) is 15.8. The van der Waals surface area contributed by atoms with Gasteiger partial charge in [-0.25, -0.2) is 4.79 Å². The number of carbonyl (C=O) groups excluding carboxylic acids is 1. The van der Waals surface area contributed by atoms with E-state index in [9.17, 15) is 4.79 Å². The number of esters is 1. The highest BCUT2D eigenvalue weighted by Gasteiger charge is 2.14. The number of methoxy groups -OCH3 is 2. The summed E-state index contributed by atoms with van der Waals surface area (Å²) in [5.74, 6) is 0.461. The second-order valence-corrected chi connectivity index (χ2v) is 6.46. The van der Waals surface area contributed by atoms with E-state index in [2.05, 4.69) is 36.4 Å². The van der Waals surface area contributed by atoms with Gasteiger partial charge in [-0.3, -0.25) is 0 Å². The fourth-order valence-corrected chi connectivity index (χ4v) is 3.63. The molecule has 0 atom stereocenters. The second-order valence-electron chi connectivity index (χ2n) is 6.46. The molecule has 0 radical (unpaired) electrons. The Kier molecular flexibility index (Phi) is 4.81. The summed E-state index contributed by atoms with van der Waals surface area (Å²) in [6, 6.07) is 24.7. The van der Waals surface area contributed by atoms with E-state index in [4.69, 9.17) is 9.47 Å². The van der Waals surface area contributed by atoms with Gasteiger partial charge in [0.2, 0.25) is 0 Å². The standard InChI is InChI=1S/C25H20O3/c1-27-18-13-11-17(12-14-18)25-22-9-5-3-7-19(22)21(15-16-24(26)28-2)20-8-4-6-10-23(20)25/h3-16H,1-2H3/b16-15+. The van der Waals surface area contributed by atoms with Gasteiger partial charge < -0.3 is 9.47 Å². The Morgan fingerprint density at radius 2 is 1.29 bits per heavy atom. The third kappa shape index (κ3) is 3.12. The molecule has 3 nitrogen and oxygen atoms in total. The van der Waals surface area contributed by atoms with E-state index in [1.807, 2.05) is 42.5 Å². The van der Waals surface area contributed by atoms with Crippen molar-refractivity contribution in [1.29, 1.82) is 0 Å². The first-order valence-electron chi connectivity index (χ1n) is 9.07. The van der Waals surface area contributed by atoms with Crippen LogP contribution in [-0.2, 0) is 9.53 Å². The van der Waals surface area contributed by atoms with Crippen LogP contribution in [0.2, 0.25) is 0 Å². The van der Waals surface area contributed by atoms with E-state index in [1.54, 1.807) is 7.11 Å². The lowest BCUT2D eigenvalue weighted by Crippen LogP contribution is -1.94. The zero-order chi connectivity index (χ0) is 19.5. The maximum absolute atomic E-state index is 11.7. The first-order chi connectivity index (χ1) is 13.7. The molecular formula is C25H20O3. The lowest BCUT2D eigenvalue weighted by atomic mass is 9.88. The van der Waals surface area contributed by atoms with Crippen molar-refractivity contribution in [2.45, 2.75) is 0 Å². The van der Waals surface area contributed by atoms with Crippen molar-refractivity contribution in [3.8, 4) is 16.9 Å². The number of hydrogen-bond donors (Lipinski definition) is 0. The molecule has 0 aromatic heterocycles. The van der Waals surface area contributed by atoms with Crippen molar-refractivity contribution in [2.75, 3.05) is 14.2 Å². The average Bonchev–Trinajstić information content (AvgIpc) is 2.76. The highest BCUT2D eigenvalue weighted by molar-refractivity contribution is 6.17. The van der Waals surface area contributed by atoms with Crippen molar-refractivity contribution >= 4 is 33.6 Å². The minimum atomic E-state index is -0.368. The molecule has 3 heteroatoms. The van der Waals surface area contributed by atoms with E-state index in [0.29, 0.717) is 0 Å². The highest BCUT2D eigenvalue weighted by Crippen LogP contribution is 2.40. The molecule has 28 heavy (non-hydrogen) atoms. The second kappa shape index (κ2) is 7.57. The fourth-order valence-electron chi connectivity index (χ4n) is 3.63. The Hall–Kier alpha value is -3.59. The highest BCUT2D eigenvalue weighted by atomic mass is 16.5. The van der Waals surface area contributed by atoms with Gasteiger partial charge in [-0.15, -0.1) is 0 Å². The van der Waals surface area contributed by atoms with E-state index < -0.39 is 0 Å². The molecule has 0 amide bonds. The van der Waals surface area contributed by atoms with Crippen LogP contribution < -0.4 is 4.74 Å². The molecule has 0 fully saturated rings. The van der Waals surface area contributed by atoms with Crippen molar-refractivity contribution in [3.63, 3.8) is 0 Å². The number of carbonyl (C=O) groups is 1. The number of fused-ring (bicyclic) bond motifs is 2. The Balaban J connectivity index is 2.08. The smallest absolute Gasteiger partial charge is 0.330 e. The molecule has 0 aliphatic rings. The Labute approximate surface area is 163 Å². The van der Waals surface area contributed by atoms with Crippen LogP contribution in [0.3, 0.4) is 0 Å². The lowest BCUT2D eigenvalue weighted by Gasteiger charge is -2.15. The SMILES string of the molecule is COC(=O)/C=C/c1c2ccccc2c(-c2ccc(OC)cc2)c2ccccc12. The molecule has 0 saturated carbocycles. The molecule has 0 spiro atoms. The summed E-state index contributed by atoms with van der Waals surface area (Å²) < 4.78 is 10.1. The maximum Gasteiger partial charge on any atom is 0.330 e. The van der Waals surface area contributed by atoms with Gasteiger partial charge in [0.05, 0.1) is 14.2 Å². The van der Waals surface area contributed by atoms with Gasteiger partial charge in [0.1, 0.15) is 5.75 Å². The van der Waals surface area contributed by atoms with E-state index in [0.717, 1.165) is 38.4 Å². The summed E-state index contributed by atoms with van der Waals surface area (Å²) in [7, 11) is 3.05. The van der Waals surface area contributed by atoms with Gasteiger partial charge in [0, 0.05) is 6.08 Å². The molecule has 0 N–H and O–H groups in total. The third-order valence-corrected chi connectivity index (χ3v) is 4.94. The van der Waals surface area contributed by atoms with E-state index >= 15 is 0 Å². The first-order valence-corrected chi connectivity index (χ1v) is 9.07. The monoisotopic (exact) mass is 368 g/mol. The van der Waals surface area contributed by atoms with Crippen LogP contribution in [0.5, 0.6) is 5.75 Å². The van der Waals surface area contributed by atoms with Crippen LogP contribution in [0.4, 0.5) is 0 Å². The predicted octanol–water partition coefficient (Wildman–Crippen LogP) is 5.85. The van der Waals surface area contributed by atoms with E-state index in [1.165, 1.54) is 18.7 Å². The van der Waals surface area contributed by atoms with Gasteiger partial charge in [0.25, 0.3) is 0 Å². The number of hydrogen-bond acceptors (Lipinski definition) is 3. The van der Waals surface area contributed by atoms with E-state index in [-0.39, 0.29) is 5.97 Å². The summed E-state index contributed by atoms with van der Waals surface area (Å²) in [5.41, 5.74) is 3.30. The van der Waals surface area contributed by atoms with Crippen LogP contribution >= 0.6 is 0 Å². The van der Waals surface area contributed by atoms with Crippen LogP contribution in [-0.4, -0.2) is 20.2 Å². The van der Waals surface area contributed by atoms with Crippen LogP contribution in [0.1, 0.15) is 5.56 Å². The summed E-state index contributed by atoms with van der Waals surface area (Å²) >= 11 is 0. The van der Waals surface area contributed by atoms with Crippen molar-refractivity contribution in [2.24, 2.45) is 0 Å². The third-order valence-electron chi connectivity index (χ3n) is 4.94. The van der Waals surface area contributed by atoms with Crippen molar-refractivity contribution in [1.82, 2.24) is 0 Å². The maximum atomic E-state index is 11.7. The Morgan fingerprint density at radius 3 is 1.79 bits per heavy atom. The molecule has 0 bridgehead atoms. The van der Waals surface area contributed by atoms with Gasteiger partial charge in [-0.05, 0) is 56.4 Å². The lowest BCUT2D eigenvalue weighted by molar-refractivity contribution is -0.134. The minimum Gasteiger partial charge on any atom is -0.497 e. The number of benzene rings is 4. The molecule has 0 aliphatic carbocycles. The van der Waals surface area contributed by atoms with Gasteiger partial charge >= 0.3 is 5.97 Å². The molecular weight excluding hydrogens is 348 g/mol. The largest absolute Gasteiger partial charge is 0.497 e. The summed E-state index contributed by atoms with van der Waals surface area (Å²) in [6.07, 6.45) is 3.32. The number of ether oxygens (including phenoxy) is 2. The predicted molar refractivity (Wildman–Crippen MR) is 114 cm³/mol. The van der Waals surface area contributed by atoms with Crippen molar-refractivity contribution in [3.05, 3.63) is 84.4 Å². The number of rotatable bonds is 4. The van der Waals surface area contributed by atoms with Crippen LogP contribution in [0.15, 0.2) is 78.9 Å². The first kappa shape index (κ1) is 17.8. The van der Waals surface area contributed by atoms with Gasteiger partial charge in [0.15, 0.2) is 0 Å². The molecule has 4 aromatic carbocycles. The molecule has 4 rings (SSSR count). The molecule has 0 saturated heterocycles. The molecule has 4 aromatic rings.